The third-order valence-corrected chi connectivity index (χ3v) is 3.61. The van der Waals surface area contributed by atoms with Crippen molar-refractivity contribution in [3.63, 3.8) is 0 Å². The van der Waals surface area contributed by atoms with Gasteiger partial charge in [0, 0.05) is 29.8 Å². The van der Waals surface area contributed by atoms with Gasteiger partial charge in [0.2, 0.25) is 5.95 Å². The Labute approximate surface area is 127 Å². The number of para-hydroxylation sites is 1. The van der Waals surface area contributed by atoms with E-state index in [0.717, 1.165) is 27.8 Å². The average molecular weight is 300 g/mol. The second kappa shape index (κ2) is 5.58. The molecule has 1 heterocycles. The van der Waals surface area contributed by atoms with Crippen molar-refractivity contribution in [2.24, 2.45) is 0 Å². The molecule has 1 N–H and O–H groups in total. The van der Waals surface area contributed by atoms with Gasteiger partial charge in [-0.15, -0.1) is 0 Å². The van der Waals surface area contributed by atoms with Gasteiger partial charge < -0.3 is 10.1 Å². The van der Waals surface area contributed by atoms with Crippen LogP contribution in [-0.2, 0) is 0 Å². The Morgan fingerprint density at radius 3 is 2.71 bits per heavy atom. The minimum Gasteiger partial charge on any atom is -0.497 e. The van der Waals surface area contributed by atoms with Gasteiger partial charge in [0.15, 0.2) is 0 Å². The number of rotatable bonds is 3. The standard InChI is InChI=1S/C16H14ClN3O/c1-18-16-19-9-10-4-3-5-13(15(10)20-16)12-7-6-11(21-2)8-14(12)17/h3-9H,1-2H3,(H,18,19,20). The molecule has 5 heteroatoms. The fourth-order valence-electron chi connectivity index (χ4n) is 2.23. The van der Waals surface area contributed by atoms with Gasteiger partial charge >= 0.3 is 0 Å². The number of nitrogens with one attached hydrogen (secondary N) is 1. The first kappa shape index (κ1) is 13.6. The number of hydrogen-bond donors (Lipinski definition) is 1. The van der Waals surface area contributed by atoms with E-state index in [-0.39, 0.29) is 0 Å². The summed E-state index contributed by atoms with van der Waals surface area (Å²) in [5.74, 6) is 1.31. The molecular formula is C16H14ClN3O. The van der Waals surface area contributed by atoms with Crippen LogP contribution in [0.2, 0.25) is 5.02 Å². The molecule has 0 atom stereocenters. The molecule has 0 saturated carbocycles. The highest BCUT2D eigenvalue weighted by molar-refractivity contribution is 6.33. The summed E-state index contributed by atoms with van der Waals surface area (Å²) < 4.78 is 5.19. The summed E-state index contributed by atoms with van der Waals surface area (Å²) in [5, 5.41) is 4.56. The van der Waals surface area contributed by atoms with Gasteiger partial charge in [-0.2, -0.15) is 0 Å². The highest BCUT2D eigenvalue weighted by Crippen LogP contribution is 2.34. The molecule has 0 bridgehead atoms. The second-order valence-corrected chi connectivity index (χ2v) is 4.94. The highest BCUT2D eigenvalue weighted by atomic mass is 35.5. The van der Waals surface area contributed by atoms with Gasteiger partial charge in [0.25, 0.3) is 0 Å². The van der Waals surface area contributed by atoms with E-state index in [9.17, 15) is 0 Å². The Morgan fingerprint density at radius 1 is 1.14 bits per heavy atom. The summed E-state index contributed by atoms with van der Waals surface area (Å²) in [4.78, 5) is 8.78. The Morgan fingerprint density at radius 2 is 2.00 bits per heavy atom. The number of ether oxygens (including phenoxy) is 1. The molecule has 0 aliphatic carbocycles. The highest BCUT2D eigenvalue weighted by Gasteiger charge is 2.10. The molecule has 0 radical (unpaired) electrons. The maximum atomic E-state index is 6.38. The minimum absolute atomic E-state index is 0.583. The van der Waals surface area contributed by atoms with E-state index in [2.05, 4.69) is 15.3 Å². The Kier molecular flexibility index (Phi) is 3.62. The van der Waals surface area contributed by atoms with Crippen LogP contribution in [0, 0.1) is 0 Å². The molecule has 3 rings (SSSR count). The average Bonchev–Trinajstić information content (AvgIpc) is 2.53. The molecule has 106 valence electrons. The Balaban J connectivity index is 2.24. The molecule has 0 amide bonds. The van der Waals surface area contributed by atoms with E-state index in [1.807, 2.05) is 30.3 Å². The van der Waals surface area contributed by atoms with Crippen LogP contribution < -0.4 is 10.1 Å². The van der Waals surface area contributed by atoms with Crippen LogP contribution in [0.5, 0.6) is 5.75 Å². The van der Waals surface area contributed by atoms with Crippen molar-refractivity contribution in [3.8, 4) is 16.9 Å². The van der Waals surface area contributed by atoms with E-state index in [1.165, 1.54) is 0 Å². The summed E-state index contributed by atoms with van der Waals surface area (Å²) in [6.45, 7) is 0. The van der Waals surface area contributed by atoms with Crippen LogP contribution in [0.25, 0.3) is 22.0 Å². The second-order valence-electron chi connectivity index (χ2n) is 4.53. The molecule has 3 aromatic rings. The fraction of sp³-hybridized carbons (Fsp3) is 0.125. The molecular weight excluding hydrogens is 286 g/mol. The van der Waals surface area contributed by atoms with Crippen molar-refractivity contribution < 1.29 is 4.74 Å². The zero-order valence-corrected chi connectivity index (χ0v) is 12.5. The van der Waals surface area contributed by atoms with Crippen LogP contribution >= 0.6 is 11.6 Å². The third-order valence-electron chi connectivity index (χ3n) is 3.30. The van der Waals surface area contributed by atoms with Crippen LogP contribution in [0.3, 0.4) is 0 Å². The zero-order chi connectivity index (χ0) is 14.8. The summed E-state index contributed by atoms with van der Waals surface area (Å²) in [6, 6.07) is 11.6. The monoisotopic (exact) mass is 299 g/mol. The maximum Gasteiger partial charge on any atom is 0.222 e. The topological polar surface area (TPSA) is 47.0 Å². The predicted molar refractivity (Wildman–Crippen MR) is 86.1 cm³/mol. The van der Waals surface area contributed by atoms with Gasteiger partial charge in [-0.3, -0.25) is 0 Å². The number of hydrogen-bond acceptors (Lipinski definition) is 4. The van der Waals surface area contributed by atoms with Crippen LogP contribution in [0.15, 0.2) is 42.6 Å². The number of aromatic nitrogens is 2. The first-order chi connectivity index (χ1) is 10.2. The van der Waals surface area contributed by atoms with Crippen molar-refractivity contribution in [1.82, 2.24) is 9.97 Å². The summed E-state index contributed by atoms with van der Waals surface area (Å²) in [5.41, 5.74) is 2.76. The lowest BCUT2D eigenvalue weighted by molar-refractivity contribution is 0.415. The largest absolute Gasteiger partial charge is 0.497 e. The maximum absolute atomic E-state index is 6.38. The number of halogens is 1. The third kappa shape index (κ3) is 2.50. The van der Waals surface area contributed by atoms with Gasteiger partial charge in [0.1, 0.15) is 5.75 Å². The fourth-order valence-corrected chi connectivity index (χ4v) is 2.51. The summed E-state index contributed by atoms with van der Waals surface area (Å²) in [6.07, 6.45) is 1.80. The lowest BCUT2D eigenvalue weighted by atomic mass is 10.0. The lowest BCUT2D eigenvalue weighted by Gasteiger charge is -2.10. The molecule has 0 saturated heterocycles. The quantitative estimate of drug-likeness (QED) is 0.794. The smallest absolute Gasteiger partial charge is 0.222 e. The molecule has 21 heavy (non-hydrogen) atoms. The van der Waals surface area contributed by atoms with Crippen molar-refractivity contribution in [2.75, 3.05) is 19.5 Å². The number of methoxy groups -OCH3 is 1. The summed E-state index contributed by atoms with van der Waals surface area (Å²) >= 11 is 6.38. The molecule has 0 unspecified atom stereocenters. The molecule has 0 aliphatic heterocycles. The van der Waals surface area contributed by atoms with Gasteiger partial charge in [-0.05, 0) is 18.2 Å². The number of fused-ring (bicyclic) bond motifs is 1. The zero-order valence-electron chi connectivity index (χ0n) is 11.7. The number of benzene rings is 2. The van der Waals surface area contributed by atoms with E-state index < -0.39 is 0 Å². The van der Waals surface area contributed by atoms with Crippen molar-refractivity contribution >= 4 is 28.5 Å². The summed E-state index contributed by atoms with van der Waals surface area (Å²) in [7, 11) is 3.42. The van der Waals surface area contributed by atoms with Crippen molar-refractivity contribution in [1.29, 1.82) is 0 Å². The number of anilines is 1. The van der Waals surface area contributed by atoms with Gasteiger partial charge in [-0.1, -0.05) is 29.8 Å². The van der Waals surface area contributed by atoms with E-state index in [1.54, 1.807) is 26.4 Å². The Hall–Kier alpha value is -2.33. The molecule has 1 aromatic heterocycles. The minimum atomic E-state index is 0.583. The Bertz CT molecular complexity index is 805. The first-order valence-corrected chi connectivity index (χ1v) is 6.88. The lowest BCUT2D eigenvalue weighted by Crippen LogP contribution is -1.97. The SMILES string of the molecule is CNc1ncc2cccc(-c3ccc(OC)cc3Cl)c2n1. The number of nitrogens with zero attached hydrogens (tertiary/aromatic N) is 2. The van der Waals surface area contributed by atoms with Crippen LogP contribution in [0.1, 0.15) is 0 Å². The van der Waals surface area contributed by atoms with Crippen LogP contribution in [-0.4, -0.2) is 24.1 Å². The molecule has 0 fully saturated rings. The van der Waals surface area contributed by atoms with Crippen LogP contribution in [0.4, 0.5) is 5.95 Å². The van der Waals surface area contributed by atoms with E-state index in [0.29, 0.717) is 11.0 Å². The molecule has 0 aliphatic rings. The van der Waals surface area contributed by atoms with E-state index in [4.69, 9.17) is 16.3 Å². The first-order valence-electron chi connectivity index (χ1n) is 6.50. The molecule has 2 aromatic carbocycles. The molecule has 4 nitrogen and oxygen atoms in total. The molecule has 0 spiro atoms. The normalized spacial score (nSPS) is 10.6. The van der Waals surface area contributed by atoms with Gasteiger partial charge in [-0.25, -0.2) is 9.97 Å². The van der Waals surface area contributed by atoms with Gasteiger partial charge in [0.05, 0.1) is 17.6 Å². The van der Waals surface area contributed by atoms with Crippen molar-refractivity contribution in [2.45, 2.75) is 0 Å². The van der Waals surface area contributed by atoms with Crippen molar-refractivity contribution in [3.05, 3.63) is 47.6 Å². The predicted octanol–water partition coefficient (Wildman–Crippen LogP) is 4.00. The van der Waals surface area contributed by atoms with E-state index >= 15 is 0 Å².